The predicted molar refractivity (Wildman–Crippen MR) is 51.9 cm³/mol. The van der Waals surface area contributed by atoms with Crippen molar-refractivity contribution in [2.75, 3.05) is 6.26 Å². The van der Waals surface area contributed by atoms with Crippen LogP contribution in [0.4, 0.5) is 0 Å². The fourth-order valence-electron chi connectivity index (χ4n) is 0.665. The van der Waals surface area contributed by atoms with Gasteiger partial charge in [-0.2, -0.15) is 0 Å². The van der Waals surface area contributed by atoms with Crippen LogP contribution in [0.2, 0.25) is 0 Å². The highest BCUT2D eigenvalue weighted by Crippen LogP contribution is 2.13. The molecule has 0 aromatic carbocycles. The number of allylic oxidation sites excluding steroid dienone is 1. The molecule has 3 nitrogen and oxygen atoms in total. The monoisotopic (exact) mass is 187 g/mol. The van der Waals surface area contributed by atoms with Gasteiger partial charge < -0.3 is 0 Å². The number of hydrogen-bond acceptors (Lipinski definition) is 3. The molecule has 0 bridgehead atoms. The second-order valence-corrected chi connectivity index (χ2v) is 4.44. The van der Waals surface area contributed by atoms with Crippen molar-refractivity contribution in [2.45, 2.75) is 13.8 Å². The lowest BCUT2D eigenvalue weighted by atomic mass is 10.3. The highest BCUT2D eigenvalue weighted by Gasteiger charge is 2.10. The van der Waals surface area contributed by atoms with E-state index in [0.29, 0.717) is 5.57 Å². The van der Waals surface area contributed by atoms with Crippen LogP contribution in [-0.2, 0) is 9.84 Å². The highest BCUT2D eigenvalue weighted by atomic mass is 32.2. The van der Waals surface area contributed by atoms with Crippen LogP contribution in [0.25, 0.3) is 0 Å². The normalized spacial score (nSPS) is 13.8. The van der Waals surface area contributed by atoms with Crippen molar-refractivity contribution in [3.8, 4) is 0 Å². The lowest BCUT2D eigenvalue weighted by Crippen LogP contribution is -2.01. The Hall–Kier alpha value is -0.900. The molecule has 0 saturated carbocycles. The standard InChI is InChI=1S/C8H13NO2S/c1-5-9-6-8(7(2)3)12(4,10)11/h5-6H,2H2,1,3-4H3/b8-6+,9-5?. The second kappa shape index (κ2) is 4.21. The number of nitrogens with zero attached hydrogens (tertiary/aromatic N) is 1. The number of aliphatic imine (C=N–C) groups is 1. The van der Waals surface area contributed by atoms with Gasteiger partial charge >= 0.3 is 0 Å². The Morgan fingerprint density at radius 3 is 2.25 bits per heavy atom. The molecule has 0 aromatic rings. The van der Waals surface area contributed by atoms with Crippen LogP contribution >= 0.6 is 0 Å². The molecule has 0 N–H and O–H groups in total. The van der Waals surface area contributed by atoms with E-state index >= 15 is 0 Å². The lowest BCUT2D eigenvalue weighted by molar-refractivity contribution is 0.608. The van der Waals surface area contributed by atoms with Gasteiger partial charge in [0.15, 0.2) is 9.84 Å². The maximum atomic E-state index is 11.1. The molecule has 0 heterocycles. The Kier molecular flexibility index (Phi) is 3.89. The summed E-state index contributed by atoms with van der Waals surface area (Å²) in [5.74, 6) is 0. The molecule has 0 atom stereocenters. The van der Waals surface area contributed by atoms with Crippen molar-refractivity contribution in [1.29, 1.82) is 0 Å². The Morgan fingerprint density at radius 2 is 2.00 bits per heavy atom. The van der Waals surface area contributed by atoms with E-state index in [1.165, 1.54) is 12.4 Å². The van der Waals surface area contributed by atoms with Crippen LogP contribution in [-0.4, -0.2) is 20.9 Å². The molecule has 0 aliphatic carbocycles. The molecule has 0 unspecified atom stereocenters. The summed E-state index contributed by atoms with van der Waals surface area (Å²) in [4.78, 5) is 3.91. The summed E-state index contributed by atoms with van der Waals surface area (Å²) in [6.07, 6.45) is 3.96. The summed E-state index contributed by atoms with van der Waals surface area (Å²) in [6, 6.07) is 0. The van der Waals surface area contributed by atoms with Gasteiger partial charge in [-0.1, -0.05) is 6.58 Å². The number of sulfone groups is 1. The fourth-order valence-corrected chi connectivity index (χ4v) is 1.55. The molecule has 0 spiro atoms. The number of rotatable bonds is 3. The quantitative estimate of drug-likeness (QED) is 0.497. The minimum Gasteiger partial charge on any atom is -0.268 e. The Balaban J connectivity index is 5.08. The number of hydrogen-bond donors (Lipinski definition) is 0. The highest BCUT2D eigenvalue weighted by molar-refractivity contribution is 7.94. The molecule has 4 heteroatoms. The summed E-state index contributed by atoms with van der Waals surface area (Å²) < 4.78 is 22.2. The van der Waals surface area contributed by atoms with Crippen molar-refractivity contribution in [2.24, 2.45) is 4.99 Å². The van der Waals surface area contributed by atoms with E-state index < -0.39 is 9.84 Å². The first-order chi connectivity index (χ1) is 5.39. The first-order valence-corrected chi connectivity index (χ1v) is 5.32. The van der Waals surface area contributed by atoms with Crippen LogP contribution in [0, 0.1) is 0 Å². The van der Waals surface area contributed by atoms with Gasteiger partial charge in [-0.15, -0.1) is 0 Å². The molecule has 0 amide bonds. The van der Waals surface area contributed by atoms with E-state index in [4.69, 9.17) is 0 Å². The molecule has 0 aliphatic rings. The minimum atomic E-state index is -3.19. The third-order valence-electron chi connectivity index (χ3n) is 1.16. The molecule has 0 rings (SSSR count). The molecular weight excluding hydrogens is 174 g/mol. The van der Waals surface area contributed by atoms with E-state index in [9.17, 15) is 8.42 Å². The molecule has 0 aliphatic heterocycles. The topological polar surface area (TPSA) is 46.5 Å². The van der Waals surface area contributed by atoms with E-state index in [0.717, 1.165) is 6.26 Å². The zero-order valence-electron chi connectivity index (χ0n) is 7.53. The van der Waals surface area contributed by atoms with Crippen molar-refractivity contribution >= 4 is 16.1 Å². The van der Waals surface area contributed by atoms with Gasteiger partial charge in [-0.05, 0) is 19.4 Å². The van der Waals surface area contributed by atoms with Gasteiger partial charge in [0.25, 0.3) is 0 Å². The van der Waals surface area contributed by atoms with Crippen molar-refractivity contribution < 1.29 is 8.42 Å². The maximum Gasteiger partial charge on any atom is 0.177 e. The van der Waals surface area contributed by atoms with Gasteiger partial charge in [0.1, 0.15) is 0 Å². The fraction of sp³-hybridized carbons (Fsp3) is 0.375. The van der Waals surface area contributed by atoms with Crippen molar-refractivity contribution in [1.82, 2.24) is 0 Å². The van der Waals surface area contributed by atoms with Crippen molar-refractivity contribution in [3.63, 3.8) is 0 Å². The van der Waals surface area contributed by atoms with Crippen molar-refractivity contribution in [3.05, 3.63) is 23.3 Å². The molecule has 68 valence electrons. The summed E-state index contributed by atoms with van der Waals surface area (Å²) in [5, 5.41) is 0. The Labute approximate surface area is 73.4 Å². The zero-order chi connectivity index (χ0) is 9.78. The van der Waals surface area contributed by atoms with E-state index in [-0.39, 0.29) is 4.91 Å². The lowest BCUT2D eigenvalue weighted by Gasteiger charge is -2.00. The predicted octanol–water partition coefficient (Wildman–Crippen LogP) is 1.54. The molecule has 12 heavy (non-hydrogen) atoms. The summed E-state index contributed by atoms with van der Waals surface area (Å²) in [6.45, 7) is 6.91. The third kappa shape index (κ3) is 3.48. The van der Waals surface area contributed by atoms with Gasteiger partial charge in [0.2, 0.25) is 0 Å². The zero-order valence-corrected chi connectivity index (χ0v) is 8.35. The molecule has 0 aromatic heterocycles. The van der Waals surface area contributed by atoms with Gasteiger partial charge in [0, 0.05) is 18.7 Å². The first-order valence-electron chi connectivity index (χ1n) is 3.43. The largest absolute Gasteiger partial charge is 0.268 e. The van der Waals surface area contributed by atoms with Crippen LogP contribution < -0.4 is 0 Å². The summed E-state index contributed by atoms with van der Waals surface area (Å²) >= 11 is 0. The van der Waals surface area contributed by atoms with Gasteiger partial charge in [-0.25, -0.2) is 8.42 Å². The SMILES string of the molecule is C=C(C)/C(=C\N=CC)S(C)(=O)=O. The maximum absolute atomic E-state index is 11.1. The molecule has 0 fully saturated rings. The first kappa shape index (κ1) is 11.1. The van der Waals surface area contributed by atoms with E-state index in [2.05, 4.69) is 11.6 Å². The Bertz CT molecular complexity index is 323. The van der Waals surface area contributed by atoms with Crippen LogP contribution in [0.1, 0.15) is 13.8 Å². The minimum absolute atomic E-state index is 0.181. The van der Waals surface area contributed by atoms with Gasteiger partial charge in [-0.3, -0.25) is 4.99 Å². The average molecular weight is 187 g/mol. The van der Waals surface area contributed by atoms with E-state index in [1.807, 2.05) is 0 Å². The van der Waals surface area contributed by atoms with E-state index in [1.54, 1.807) is 13.8 Å². The molecule has 0 radical (unpaired) electrons. The Morgan fingerprint density at radius 1 is 1.50 bits per heavy atom. The van der Waals surface area contributed by atoms with Crippen LogP contribution in [0.3, 0.4) is 0 Å². The summed E-state index contributed by atoms with van der Waals surface area (Å²) in [5.41, 5.74) is 0.503. The molecular formula is C8H13NO2S. The summed E-state index contributed by atoms with van der Waals surface area (Å²) in [7, 11) is -3.19. The smallest absolute Gasteiger partial charge is 0.177 e. The van der Waals surface area contributed by atoms with Gasteiger partial charge in [0.05, 0.1) is 4.91 Å². The third-order valence-corrected chi connectivity index (χ3v) is 2.41. The average Bonchev–Trinajstić information content (AvgIpc) is 1.84. The molecule has 0 saturated heterocycles. The van der Waals surface area contributed by atoms with Crippen LogP contribution in [0.15, 0.2) is 28.2 Å². The van der Waals surface area contributed by atoms with Crippen LogP contribution in [0.5, 0.6) is 0 Å². The second-order valence-electron chi connectivity index (χ2n) is 2.45.